The predicted molar refractivity (Wildman–Crippen MR) is 134 cm³/mol. The maximum atomic E-state index is 12.6. The lowest BCUT2D eigenvalue weighted by Crippen LogP contribution is -2.32. The second kappa shape index (κ2) is 10.9. The number of hydrogen-bond acceptors (Lipinski definition) is 4. The van der Waals surface area contributed by atoms with Crippen LogP contribution in [0.2, 0.25) is 5.02 Å². The molecule has 1 aromatic carbocycles. The average molecular weight is 486 g/mol. The Labute approximate surface area is 207 Å². The highest BCUT2D eigenvalue weighted by atomic mass is 35.5. The van der Waals surface area contributed by atoms with Gasteiger partial charge in [-0.3, -0.25) is 9.59 Å². The second-order valence-corrected chi connectivity index (χ2v) is 10.5. The fourth-order valence-corrected chi connectivity index (χ4v) is 5.21. The normalized spacial score (nSPS) is 20.2. The first-order valence-electron chi connectivity index (χ1n) is 12.5. The summed E-state index contributed by atoms with van der Waals surface area (Å²) in [5, 5.41) is 12.6. The molecule has 1 aromatic heterocycles. The van der Waals surface area contributed by atoms with Gasteiger partial charge in [-0.25, -0.2) is 0 Å². The van der Waals surface area contributed by atoms with Gasteiger partial charge in [0.15, 0.2) is 0 Å². The van der Waals surface area contributed by atoms with Crippen molar-refractivity contribution in [2.75, 3.05) is 19.4 Å². The quantitative estimate of drug-likeness (QED) is 0.543. The molecule has 2 fully saturated rings. The van der Waals surface area contributed by atoms with Crippen molar-refractivity contribution in [1.82, 2.24) is 19.7 Å². The number of benzene rings is 1. The zero-order chi connectivity index (χ0) is 24.2. The number of nitrogens with zero attached hydrogens (tertiary/aromatic N) is 4. The standard InChI is InChI=1S/C26H36ClN5O2/c1-17-21(27)5-4-6-22(17)28-25(33)16-15-24-30-29-23(32(24)20-12-13-20)14-9-18-7-10-19(11-8-18)26(34)31(2)3/h4-6,18-20H,7-16H2,1-3H3,(H,28,33)/t18-,19-. The van der Waals surface area contributed by atoms with Crippen molar-refractivity contribution < 1.29 is 9.59 Å². The van der Waals surface area contributed by atoms with Crippen LogP contribution < -0.4 is 5.32 Å². The molecule has 184 valence electrons. The first-order chi connectivity index (χ1) is 16.3. The molecule has 0 spiro atoms. The van der Waals surface area contributed by atoms with E-state index in [1.165, 1.54) is 0 Å². The number of hydrogen-bond donors (Lipinski definition) is 1. The first-order valence-corrected chi connectivity index (χ1v) is 12.9. The molecule has 2 aliphatic carbocycles. The van der Waals surface area contributed by atoms with Crippen LogP contribution in [0.4, 0.5) is 5.69 Å². The number of nitrogens with one attached hydrogen (secondary N) is 1. The smallest absolute Gasteiger partial charge is 0.225 e. The summed E-state index contributed by atoms with van der Waals surface area (Å²) in [6.07, 6.45) is 9.44. The Bertz CT molecular complexity index is 1020. The van der Waals surface area contributed by atoms with E-state index in [0.29, 0.717) is 29.8 Å². The number of rotatable bonds is 9. The Kier molecular flexibility index (Phi) is 7.91. The Morgan fingerprint density at radius 3 is 2.38 bits per heavy atom. The van der Waals surface area contributed by atoms with Gasteiger partial charge in [-0.05, 0) is 75.5 Å². The summed E-state index contributed by atoms with van der Waals surface area (Å²) in [6.45, 7) is 1.90. The summed E-state index contributed by atoms with van der Waals surface area (Å²) in [6, 6.07) is 6.01. The van der Waals surface area contributed by atoms with E-state index in [1.54, 1.807) is 4.90 Å². The van der Waals surface area contributed by atoms with Gasteiger partial charge in [-0.15, -0.1) is 10.2 Å². The summed E-state index contributed by atoms with van der Waals surface area (Å²) in [7, 11) is 3.69. The van der Waals surface area contributed by atoms with E-state index in [-0.39, 0.29) is 17.7 Å². The molecule has 0 bridgehead atoms. The first kappa shape index (κ1) is 24.7. The lowest BCUT2D eigenvalue weighted by atomic mass is 9.79. The molecule has 0 unspecified atom stereocenters. The molecule has 2 amide bonds. The molecule has 1 heterocycles. The number of amides is 2. The van der Waals surface area contributed by atoms with E-state index in [1.807, 2.05) is 39.2 Å². The van der Waals surface area contributed by atoms with Crippen LogP contribution in [0.5, 0.6) is 0 Å². The highest BCUT2D eigenvalue weighted by Gasteiger charge is 2.31. The molecule has 2 aromatic rings. The molecular weight excluding hydrogens is 450 g/mol. The van der Waals surface area contributed by atoms with Gasteiger partial charge < -0.3 is 14.8 Å². The minimum Gasteiger partial charge on any atom is -0.349 e. The van der Waals surface area contributed by atoms with E-state index in [9.17, 15) is 9.59 Å². The average Bonchev–Trinajstić information content (AvgIpc) is 3.58. The van der Waals surface area contributed by atoms with E-state index in [0.717, 1.165) is 74.3 Å². The highest BCUT2D eigenvalue weighted by molar-refractivity contribution is 6.31. The number of anilines is 1. The van der Waals surface area contributed by atoms with Crippen molar-refractivity contribution in [3.63, 3.8) is 0 Å². The molecular formula is C26H36ClN5O2. The molecule has 8 heteroatoms. The van der Waals surface area contributed by atoms with Crippen LogP contribution in [0.1, 0.15) is 74.6 Å². The Morgan fingerprint density at radius 2 is 1.74 bits per heavy atom. The second-order valence-electron chi connectivity index (χ2n) is 10.1. The molecule has 34 heavy (non-hydrogen) atoms. The molecule has 2 saturated carbocycles. The largest absolute Gasteiger partial charge is 0.349 e. The zero-order valence-corrected chi connectivity index (χ0v) is 21.3. The lowest BCUT2D eigenvalue weighted by Gasteiger charge is -2.29. The van der Waals surface area contributed by atoms with Gasteiger partial charge in [-0.2, -0.15) is 0 Å². The summed E-state index contributed by atoms with van der Waals surface area (Å²) in [4.78, 5) is 26.5. The molecule has 0 atom stereocenters. The van der Waals surface area contributed by atoms with Crippen LogP contribution in [0, 0.1) is 18.8 Å². The van der Waals surface area contributed by atoms with E-state index in [2.05, 4.69) is 20.1 Å². The molecule has 0 saturated heterocycles. The minimum atomic E-state index is -0.0405. The Hall–Kier alpha value is -2.41. The van der Waals surface area contributed by atoms with Gasteiger partial charge in [0, 0.05) is 56.0 Å². The van der Waals surface area contributed by atoms with Gasteiger partial charge in [0.25, 0.3) is 0 Å². The van der Waals surface area contributed by atoms with Crippen LogP contribution in [-0.4, -0.2) is 45.6 Å². The molecule has 7 nitrogen and oxygen atoms in total. The van der Waals surface area contributed by atoms with Crippen LogP contribution >= 0.6 is 11.6 Å². The predicted octanol–water partition coefficient (Wildman–Crippen LogP) is 4.97. The van der Waals surface area contributed by atoms with Crippen molar-refractivity contribution in [2.45, 2.75) is 77.2 Å². The van der Waals surface area contributed by atoms with Crippen LogP contribution in [0.3, 0.4) is 0 Å². The molecule has 1 N–H and O–H groups in total. The number of halogens is 1. The molecule has 0 radical (unpaired) electrons. The Morgan fingerprint density at radius 1 is 1.06 bits per heavy atom. The van der Waals surface area contributed by atoms with E-state index in [4.69, 9.17) is 11.6 Å². The third-order valence-corrected chi connectivity index (χ3v) is 7.69. The van der Waals surface area contributed by atoms with Gasteiger partial charge in [0.1, 0.15) is 11.6 Å². The summed E-state index contributed by atoms with van der Waals surface area (Å²) < 4.78 is 2.29. The zero-order valence-electron chi connectivity index (χ0n) is 20.5. The molecule has 0 aliphatic heterocycles. The summed E-state index contributed by atoms with van der Waals surface area (Å²) in [5.41, 5.74) is 1.63. The maximum absolute atomic E-state index is 12.6. The van der Waals surface area contributed by atoms with Crippen molar-refractivity contribution >= 4 is 29.1 Å². The fraction of sp³-hybridized carbons (Fsp3) is 0.615. The topological polar surface area (TPSA) is 80.1 Å². The maximum Gasteiger partial charge on any atom is 0.225 e. The number of carbonyl (C=O) groups excluding carboxylic acids is 2. The monoisotopic (exact) mass is 485 g/mol. The van der Waals surface area contributed by atoms with Crippen molar-refractivity contribution in [1.29, 1.82) is 0 Å². The van der Waals surface area contributed by atoms with Crippen molar-refractivity contribution in [3.8, 4) is 0 Å². The van der Waals surface area contributed by atoms with Gasteiger partial charge >= 0.3 is 0 Å². The number of aryl methyl sites for hydroxylation is 2. The highest BCUT2D eigenvalue weighted by Crippen LogP contribution is 2.38. The molecule has 4 rings (SSSR count). The number of aromatic nitrogens is 3. The minimum absolute atomic E-state index is 0.0405. The van der Waals surface area contributed by atoms with Crippen LogP contribution in [0.15, 0.2) is 18.2 Å². The fourth-order valence-electron chi connectivity index (χ4n) is 5.03. The van der Waals surface area contributed by atoms with E-state index < -0.39 is 0 Å². The van der Waals surface area contributed by atoms with Crippen LogP contribution in [0.25, 0.3) is 0 Å². The third kappa shape index (κ3) is 5.98. The van der Waals surface area contributed by atoms with Gasteiger partial charge in [-0.1, -0.05) is 17.7 Å². The number of carbonyl (C=O) groups is 2. The van der Waals surface area contributed by atoms with Gasteiger partial charge in [0.2, 0.25) is 11.8 Å². The SMILES string of the molecule is Cc1c(Cl)cccc1NC(=O)CCc1nnc(CC[C@H]2CC[C@H](C(=O)N(C)C)CC2)n1C1CC1. The third-order valence-electron chi connectivity index (χ3n) is 7.28. The summed E-state index contributed by atoms with van der Waals surface area (Å²) in [5.74, 6) is 3.03. The molecule has 2 aliphatic rings. The van der Waals surface area contributed by atoms with Crippen LogP contribution in [-0.2, 0) is 22.4 Å². The van der Waals surface area contributed by atoms with Crippen molar-refractivity contribution in [3.05, 3.63) is 40.4 Å². The lowest BCUT2D eigenvalue weighted by molar-refractivity contribution is -0.134. The van der Waals surface area contributed by atoms with Gasteiger partial charge in [0.05, 0.1) is 0 Å². The van der Waals surface area contributed by atoms with E-state index >= 15 is 0 Å². The van der Waals surface area contributed by atoms with Crippen molar-refractivity contribution in [2.24, 2.45) is 11.8 Å². The summed E-state index contributed by atoms with van der Waals surface area (Å²) >= 11 is 6.16. The Balaban J connectivity index is 1.30.